The largest absolute Gasteiger partial charge is 0.337 e. The molecule has 0 radical (unpaired) electrons. The molecule has 28 heavy (non-hydrogen) atoms. The highest BCUT2D eigenvalue weighted by atomic mass is 79.9. The van der Waals surface area contributed by atoms with Crippen molar-refractivity contribution in [3.8, 4) is 11.1 Å². The Bertz CT molecular complexity index is 1150. The van der Waals surface area contributed by atoms with E-state index in [-0.39, 0.29) is 0 Å². The minimum Gasteiger partial charge on any atom is -0.337 e. The van der Waals surface area contributed by atoms with Crippen LogP contribution in [0.1, 0.15) is 11.8 Å². The number of anilines is 2. The van der Waals surface area contributed by atoms with E-state index >= 15 is 0 Å². The zero-order valence-electron chi connectivity index (χ0n) is 14.6. The lowest BCUT2D eigenvalue weighted by Crippen LogP contribution is -1.97. The Morgan fingerprint density at radius 3 is 2.36 bits per heavy atom. The molecular weight excluding hydrogens is 501 g/mol. The summed E-state index contributed by atoms with van der Waals surface area (Å²) in [5.74, 6) is 0.657. The highest BCUT2D eigenvalue weighted by Gasteiger charge is 2.19. The number of aryl methyl sites for hydroxylation is 1. The van der Waals surface area contributed by atoms with E-state index in [2.05, 4.69) is 50.3 Å². The summed E-state index contributed by atoms with van der Waals surface area (Å²) in [7, 11) is 0. The van der Waals surface area contributed by atoms with Crippen molar-refractivity contribution < 1.29 is 0 Å². The summed E-state index contributed by atoms with van der Waals surface area (Å²) in [6, 6.07) is 11.5. The Morgan fingerprint density at radius 2 is 1.71 bits per heavy atom. The van der Waals surface area contributed by atoms with Crippen molar-refractivity contribution in [1.82, 2.24) is 9.97 Å². The molecule has 0 saturated carbocycles. The standard InChI is InChI=1S/C20H13BrCl3N3S/c1-2-15-16(10-3-5-11(21)6-4-10)17-19(25-9-26-20(17)28-15)27-18-13(23)7-12(22)8-14(18)24/h3-9H,2H2,1H3,(H,25,26,27). The molecule has 0 saturated heterocycles. The van der Waals surface area contributed by atoms with Crippen molar-refractivity contribution in [2.75, 3.05) is 5.32 Å². The fraction of sp³-hybridized carbons (Fsp3) is 0.100. The number of hydrogen-bond donors (Lipinski definition) is 1. The lowest BCUT2D eigenvalue weighted by atomic mass is 10.0. The monoisotopic (exact) mass is 511 g/mol. The van der Waals surface area contributed by atoms with Crippen molar-refractivity contribution in [1.29, 1.82) is 0 Å². The maximum absolute atomic E-state index is 6.37. The van der Waals surface area contributed by atoms with Crippen LogP contribution in [0.5, 0.6) is 0 Å². The maximum Gasteiger partial charge on any atom is 0.143 e. The van der Waals surface area contributed by atoms with Crippen molar-refractivity contribution in [3.05, 3.63) is 67.1 Å². The third kappa shape index (κ3) is 3.74. The second-order valence-electron chi connectivity index (χ2n) is 6.03. The van der Waals surface area contributed by atoms with E-state index < -0.39 is 0 Å². The minimum absolute atomic E-state index is 0.431. The number of thiophene rings is 1. The fourth-order valence-corrected chi connectivity index (χ4v) is 5.30. The molecule has 3 nitrogen and oxygen atoms in total. The first kappa shape index (κ1) is 19.9. The van der Waals surface area contributed by atoms with Gasteiger partial charge >= 0.3 is 0 Å². The van der Waals surface area contributed by atoms with Crippen molar-refractivity contribution in [2.24, 2.45) is 0 Å². The van der Waals surface area contributed by atoms with Crippen LogP contribution in [0.2, 0.25) is 15.1 Å². The highest BCUT2D eigenvalue weighted by molar-refractivity contribution is 9.10. The molecule has 0 amide bonds. The number of fused-ring (bicyclic) bond motifs is 1. The zero-order chi connectivity index (χ0) is 19.8. The van der Waals surface area contributed by atoms with Crippen molar-refractivity contribution in [3.63, 3.8) is 0 Å². The van der Waals surface area contributed by atoms with Gasteiger partial charge in [-0.3, -0.25) is 0 Å². The number of nitrogens with zero attached hydrogens (tertiary/aromatic N) is 2. The van der Waals surface area contributed by atoms with Crippen LogP contribution >= 0.6 is 62.1 Å². The van der Waals surface area contributed by atoms with Crippen LogP contribution < -0.4 is 5.32 Å². The number of nitrogens with one attached hydrogen (secondary N) is 1. The SMILES string of the molecule is CCc1sc2ncnc(Nc3c(Cl)cc(Cl)cc3Cl)c2c1-c1ccc(Br)cc1. The van der Waals surface area contributed by atoms with E-state index in [9.17, 15) is 0 Å². The second-order valence-corrected chi connectivity index (χ2v) is 9.28. The van der Waals surface area contributed by atoms with Gasteiger partial charge in [0.1, 0.15) is 17.0 Å². The molecule has 0 unspecified atom stereocenters. The average molecular weight is 514 g/mol. The first-order valence-electron chi connectivity index (χ1n) is 8.41. The third-order valence-corrected chi connectivity index (χ3v) is 6.85. The summed E-state index contributed by atoms with van der Waals surface area (Å²) >= 11 is 23.9. The lowest BCUT2D eigenvalue weighted by molar-refractivity contribution is 1.19. The fourth-order valence-electron chi connectivity index (χ4n) is 3.02. The Morgan fingerprint density at radius 1 is 1.04 bits per heavy atom. The predicted octanol–water partition coefficient (Wildman–Crippen LogP) is 8.39. The summed E-state index contributed by atoms with van der Waals surface area (Å²) in [6.07, 6.45) is 2.44. The van der Waals surface area contributed by atoms with E-state index in [4.69, 9.17) is 34.8 Å². The van der Waals surface area contributed by atoms with Gasteiger partial charge in [-0.25, -0.2) is 9.97 Å². The molecule has 2 aromatic heterocycles. The van der Waals surface area contributed by atoms with Crippen LogP contribution in [-0.4, -0.2) is 9.97 Å². The molecule has 0 spiro atoms. The van der Waals surface area contributed by atoms with Crippen LogP contribution in [0.25, 0.3) is 21.3 Å². The quantitative estimate of drug-likeness (QED) is 0.298. The molecule has 0 bridgehead atoms. The van der Waals surface area contributed by atoms with E-state index in [0.717, 1.165) is 32.2 Å². The minimum atomic E-state index is 0.431. The highest BCUT2D eigenvalue weighted by Crippen LogP contribution is 2.43. The van der Waals surface area contributed by atoms with Crippen LogP contribution in [-0.2, 0) is 6.42 Å². The van der Waals surface area contributed by atoms with E-state index in [1.807, 2.05) is 12.1 Å². The smallest absolute Gasteiger partial charge is 0.143 e. The van der Waals surface area contributed by atoms with Crippen molar-refractivity contribution >= 4 is 83.8 Å². The molecule has 2 aromatic carbocycles. The molecule has 142 valence electrons. The van der Waals surface area contributed by atoms with Gasteiger partial charge in [-0.15, -0.1) is 11.3 Å². The molecule has 0 atom stereocenters. The Hall–Kier alpha value is -1.37. The lowest BCUT2D eigenvalue weighted by Gasteiger charge is -2.12. The van der Waals surface area contributed by atoms with Gasteiger partial charge in [-0.2, -0.15) is 0 Å². The summed E-state index contributed by atoms with van der Waals surface area (Å²) in [4.78, 5) is 11.1. The van der Waals surface area contributed by atoms with Gasteiger partial charge in [0.15, 0.2) is 0 Å². The first-order chi connectivity index (χ1) is 13.5. The molecule has 8 heteroatoms. The predicted molar refractivity (Wildman–Crippen MR) is 125 cm³/mol. The number of rotatable bonds is 4. The van der Waals surface area contributed by atoms with E-state index in [1.54, 1.807) is 29.8 Å². The molecule has 0 aliphatic heterocycles. The van der Waals surface area contributed by atoms with E-state index in [1.165, 1.54) is 4.88 Å². The first-order valence-corrected chi connectivity index (χ1v) is 11.2. The molecule has 0 aliphatic rings. The Kier molecular flexibility index (Phi) is 5.81. The third-order valence-electron chi connectivity index (χ3n) is 4.27. The van der Waals surface area contributed by atoms with Gasteiger partial charge in [0.25, 0.3) is 0 Å². The zero-order valence-corrected chi connectivity index (χ0v) is 19.2. The normalized spacial score (nSPS) is 11.2. The summed E-state index contributed by atoms with van der Waals surface area (Å²) in [5.41, 5.74) is 2.80. The van der Waals surface area contributed by atoms with Crippen LogP contribution in [0.3, 0.4) is 0 Å². The summed E-state index contributed by atoms with van der Waals surface area (Å²) in [5, 5.41) is 5.59. The molecule has 0 aliphatic carbocycles. The number of aromatic nitrogens is 2. The van der Waals surface area contributed by atoms with Gasteiger partial charge in [-0.05, 0) is 36.2 Å². The molecule has 1 N–H and O–H groups in total. The van der Waals surface area contributed by atoms with Gasteiger partial charge in [0, 0.05) is 19.9 Å². The molecule has 0 fully saturated rings. The summed E-state index contributed by atoms with van der Waals surface area (Å²) in [6.45, 7) is 2.14. The van der Waals surface area contributed by atoms with Gasteiger partial charge in [0.2, 0.25) is 0 Å². The average Bonchev–Trinajstić information content (AvgIpc) is 3.04. The molecule has 2 heterocycles. The van der Waals surface area contributed by atoms with Gasteiger partial charge in [-0.1, -0.05) is 69.8 Å². The van der Waals surface area contributed by atoms with Crippen LogP contribution in [0.15, 0.2) is 47.2 Å². The van der Waals surface area contributed by atoms with Crippen molar-refractivity contribution in [2.45, 2.75) is 13.3 Å². The van der Waals surface area contributed by atoms with Gasteiger partial charge < -0.3 is 5.32 Å². The Balaban J connectivity index is 1.93. The Labute approximate surface area is 189 Å². The number of benzene rings is 2. The topological polar surface area (TPSA) is 37.8 Å². The van der Waals surface area contributed by atoms with Gasteiger partial charge in [0.05, 0.1) is 21.1 Å². The van der Waals surface area contributed by atoms with Crippen LogP contribution in [0.4, 0.5) is 11.5 Å². The second kappa shape index (κ2) is 8.17. The summed E-state index contributed by atoms with van der Waals surface area (Å²) < 4.78 is 1.03. The molecular formula is C20H13BrCl3N3S. The van der Waals surface area contributed by atoms with E-state index in [0.29, 0.717) is 26.6 Å². The number of hydrogen-bond acceptors (Lipinski definition) is 4. The number of halogens is 4. The molecule has 4 rings (SSSR count). The maximum atomic E-state index is 6.37. The van der Waals surface area contributed by atoms with Crippen LogP contribution in [0, 0.1) is 0 Å². The molecule has 4 aromatic rings.